The summed E-state index contributed by atoms with van der Waals surface area (Å²) >= 11 is 0. The number of imide groups is 1. The van der Waals surface area contributed by atoms with Crippen LogP contribution in [0.1, 0.15) is 83.1 Å². The SMILES string of the molecule is CCCCCCCCCCCC(=O)C1CC(=O)N(Cc2ccccc2)C1=O. The second kappa shape index (κ2) is 11.7. The number of likely N-dealkylation sites (tertiary alicyclic amines) is 1. The minimum atomic E-state index is -0.754. The number of unbranched alkanes of at least 4 members (excludes halogenated alkanes) is 8. The van der Waals surface area contributed by atoms with Gasteiger partial charge in [0, 0.05) is 12.8 Å². The molecule has 4 heteroatoms. The van der Waals surface area contributed by atoms with Crippen LogP contribution in [0.2, 0.25) is 0 Å². The summed E-state index contributed by atoms with van der Waals surface area (Å²) in [4.78, 5) is 38.3. The predicted octanol–water partition coefficient (Wildman–Crippen LogP) is 5.05. The average Bonchev–Trinajstić information content (AvgIpc) is 2.96. The predicted molar refractivity (Wildman–Crippen MR) is 107 cm³/mol. The third-order valence-corrected chi connectivity index (χ3v) is 5.34. The van der Waals surface area contributed by atoms with E-state index < -0.39 is 5.92 Å². The summed E-state index contributed by atoms with van der Waals surface area (Å²) in [5.74, 6) is -1.36. The molecule has 0 aliphatic carbocycles. The van der Waals surface area contributed by atoms with Crippen molar-refractivity contribution in [2.45, 2.75) is 84.1 Å². The van der Waals surface area contributed by atoms with Gasteiger partial charge in [-0.1, -0.05) is 88.6 Å². The maximum absolute atomic E-state index is 12.5. The normalized spacial score (nSPS) is 16.9. The van der Waals surface area contributed by atoms with Gasteiger partial charge < -0.3 is 0 Å². The summed E-state index contributed by atoms with van der Waals surface area (Å²) in [5.41, 5.74) is 0.909. The number of Topliss-reactive ketones (excluding diaryl/α,β-unsaturated/α-hetero) is 1. The van der Waals surface area contributed by atoms with E-state index in [4.69, 9.17) is 0 Å². The van der Waals surface area contributed by atoms with E-state index in [1.54, 1.807) is 0 Å². The maximum Gasteiger partial charge on any atom is 0.240 e. The number of benzene rings is 1. The van der Waals surface area contributed by atoms with Gasteiger partial charge in [-0.05, 0) is 12.0 Å². The molecule has 1 saturated heterocycles. The van der Waals surface area contributed by atoms with Crippen molar-refractivity contribution in [3.8, 4) is 0 Å². The van der Waals surface area contributed by atoms with Crippen LogP contribution in [0.3, 0.4) is 0 Å². The summed E-state index contributed by atoms with van der Waals surface area (Å²) in [5, 5.41) is 0. The quantitative estimate of drug-likeness (QED) is 0.277. The van der Waals surface area contributed by atoms with Gasteiger partial charge in [0.05, 0.1) is 6.54 Å². The third kappa shape index (κ3) is 6.93. The first-order valence-corrected chi connectivity index (χ1v) is 10.5. The lowest BCUT2D eigenvalue weighted by atomic mass is 9.97. The van der Waals surface area contributed by atoms with Gasteiger partial charge in [0.15, 0.2) is 0 Å². The van der Waals surface area contributed by atoms with Crippen molar-refractivity contribution in [2.75, 3.05) is 0 Å². The minimum Gasteiger partial charge on any atom is -0.299 e. The zero-order valence-electron chi connectivity index (χ0n) is 16.6. The van der Waals surface area contributed by atoms with Gasteiger partial charge in [0.2, 0.25) is 11.8 Å². The van der Waals surface area contributed by atoms with E-state index in [9.17, 15) is 14.4 Å². The van der Waals surface area contributed by atoms with Gasteiger partial charge in [-0.25, -0.2) is 0 Å². The smallest absolute Gasteiger partial charge is 0.240 e. The molecule has 1 atom stereocenters. The highest BCUT2D eigenvalue weighted by molar-refractivity contribution is 6.14. The average molecular weight is 372 g/mol. The van der Waals surface area contributed by atoms with Crippen LogP contribution in [0.4, 0.5) is 0 Å². The van der Waals surface area contributed by atoms with Crippen LogP contribution in [0.15, 0.2) is 30.3 Å². The van der Waals surface area contributed by atoms with E-state index in [2.05, 4.69) is 6.92 Å². The number of carbonyl (C=O) groups is 3. The molecule has 0 aromatic heterocycles. The molecule has 0 spiro atoms. The number of ketones is 1. The van der Waals surface area contributed by atoms with E-state index in [-0.39, 0.29) is 30.6 Å². The Balaban J connectivity index is 1.66. The molecule has 0 bridgehead atoms. The van der Waals surface area contributed by atoms with E-state index in [0.29, 0.717) is 6.42 Å². The lowest BCUT2D eigenvalue weighted by Crippen LogP contribution is -2.32. The van der Waals surface area contributed by atoms with Gasteiger partial charge in [-0.3, -0.25) is 19.3 Å². The largest absolute Gasteiger partial charge is 0.299 e. The molecule has 2 rings (SSSR count). The molecule has 27 heavy (non-hydrogen) atoms. The second-order valence-corrected chi connectivity index (χ2v) is 7.61. The first kappa shape index (κ1) is 21.3. The lowest BCUT2D eigenvalue weighted by molar-refractivity contribution is -0.141. The first-order valence-electron chi connectivity index (χ1n) is 10.5. The van der Waals surface area contributed by atoms with E-state index in [1.165, 1.54) is 43.4 Å². The fraction of sp³-hybridized carbons (Fsp3) is 0.609. The zero-order valence-corrected chi connectivity index (χ0v) is 16.6. The van der Waals surface area contributed by atoms with Gasteiger partial charge in [-0.2, -0.15) is 0 Å². The molecule has 0 N–H and O–H groups in total. The number of carbonyl (C=O) groups excluding carboxylic acids is 3. The highest BCUT2D eigenvalue weighted by Gasteiger charge is 2.41. The molecule has 4 nitrogen and oxygen atoms in total. The standard InChI is InChI=1S/C23H33NO3/c1-2-3-4-5-6-7-8-9-13-16-21(25)20-17-22(26)24(23(20)27)18-19-14-11-10-12-15-19/h10-12,14-15,20H,2-9,13,16-18H2,1H3. The van der Waals surface area contributed by atoms with Crippen LogP contribution >= 0.6 is 0 Å². The number of amides is 2. The fourth-order valence-electron chi connectivity index (χ4n) is 3.65. The van der Waals surface area contributed by atoms with Crippen LogP contribution < -0.4 is 0 Å². The molecule has 148 valence electrons. The molecule has 0 saturated carbocycles. The third-order valence-electron chi connectivity index (χ3n) is 5.34. The van der Waals surface area contributed by atoms with Crippen molar-refractivity contribution in [1.82, 2.24) is 4.90 Å². The highest BCUT2D eigenvalue weighted by Crippen LogP contribution is 2.24. The summed E-state index contributed by atoms with van der Waals surface area (Å²) in [6, 6.07) is 9.43. The second-order valence-electron chi connectivity index (χ2n) is 7.61. The van der Waals surface area contributed by atoms with E-state index in [1.807, 2.05) is 30.3 Å². The van der Waals surface area contributed by atoms with Crippen LogP contribution in [0, 0.1) is 5.92 Å². The molecule has 0 radical (unpaired) electrons. The summed E-state index contributed by atoms with van der Waals surface area (Å²) in [7, 11) is 0. The number of nitrogens with zero attached hydrogens (tertiary/aromatic N) is 1. The van der Waals surface area contributed by atoms with Crippen molar-refractivity contribution in [2.24, 2.45) is 5.92 Å². The van der Waals surface area contributed by atoms with Crippen molar-refractivity contribution in [1.29, 1.82) is 0 Å². The highest BCUT2D eigenvalue weighted by atomic mass is 16.2. The van der Waals surface area contributed by atoms with Crippen molar-refractivity contribution >= 4 is 17.6 Å². The van der Waals surface area contributed by atoms with Gasteiger partial charge in [0.25, 0.3) is 0 Å². The molecule has 2 amide bonds. The van der Waals surface area contributed by atoms with Gasteiger partial charge >= 0.3 is 0 Å². The molecular formula is C23H33NO3. The Kier molecular flexibility index (Phi) is 9.23. The first-order chi connectivity index (χ1) is 13.1. The fourth-order valence-corrected chi connectivity index (χ4v) is 3.65. The van der Waals surface area contributed by atoms with E-state index in [0.717, 1.165) is 24.8 Å². The lowest BCUT2D eigenvalue weighted by Gasteiger charge is -2.14. The van der Waals surface area contributed by atoms with E-state index >= 15 is 0 Å². The van der Waals surface area contributed by atoms with Crippen LogP contribution in [-0.2, 0) is 20.9 Å². The number of hydrogen-bond acceptors (Lipinski definition) is 3. The van der Waals surface area contributed by atoms with Crippen LogP contribution in [-0.4, -0.2) is 22.5 Å². The van der Waals surface area contributed by atoms with Gasteiger partial charge in [-0.15, -0.1) is 0 Å². The molecule has 1 aromatic rings. The Bertz CT molecular complexity index is 611. The topological polar surface area (TPSA) is 54.5 Å². The molecule has 1 aromatic carbocycles. The Morgan fingerprint density at radius 3 is 2.15 bits per heavy atom. The maximum atomic E-state index is 12.5. The van der Waals surface area contributed by atoms with Crippen molar-refractivity contribution in [3.63, 3.8) is 0 Å². The molecule has 1 unspecified atom stereocenters. The Morgan fingerprint density at radius 2 is 1.52 bits per heavy atom. The zero-order chi connectivity index (χ0) is 19.5. The molecule has 1 aliphatic rings. The molecule has 1 heterocycles. The summed E-state index contributed by atoms with van der Waals surface area (Å²) in [6.45, 7) is 2.49. The van der Waals surface area contributed by atoms with Gasteiger partial charge in [0.1, 0.15) is 11.7 Å². The van der Waals surface area contributed by atoms with Crippen LogP contribution in [0.5, 0.6) is 0 Å². The summed E-state index contributed by atoms with van der Waals surface area (Å²) < 4.78 is 0. The number of hydrogen-bond donors (Lipinski definition) is 0. The Morgan fingerprint density at radius 1 is 0.926 bits per heavy atom. The molecule has 1 aliphatic heterocycles. The minimum absolute atomic E-state index is 0.0436. The monoisotopic (exact) mass is 371 g/mol. The van der Waals surface area contributed by atoms with Crippen molar-refractivity contribution < 1.29 is 14.4 Å². The summed E-state index contributed by atoms with van der Waals surface area (Å²) in [6.07, 6.45) is 11.2. The molecule has 1 fully saturated rings. The Labute approximate surface area is 163 Å². The van der Waals surface area contributed by atoms with Crippen LogP contribution in [0.25, 0.3) is 0 Å². The molecular weight excluding hydrogens is 338 g/mol. The van der Waals surface area contributed by atoms with Crippen molar-refractivity contribution in [3.05, 3.63) is 35.9 Å². The number of rotatable bonds is 13. The Hall–Kier alpha value is -1.97.